The second-order valence-electron chi connectivity index (χ2n) is 8.08. The highest BCUT2D eigenvalue weighted by molar-refractivity contribution is 7.15. The van der Waals surface area contributed by atoms with E-state index in [4.69, 9.17) is 21.9 Å². The van der Waals surface area contributed by atoms with Crippen LogP contribution in [0.15, 0.2) is 18.5 Å². The van der Waals surface area contributed by atoms with E-state index in [1.54, 1.807) is 23.7 Å². The van der Waals surface area contributed by atoms with E-state index in [1.165, 1.54) is 10.4 Å². The molecule has 2 aliphatic rings. The lowest BCUT2D eigenvalue weighted by Crippen LogP contribution is -2.52. The molecule has 32 heavy (non-hydrogen) atoms. The third-order valence-electron chi connectivity index (χ3n) is 6.10. The molecular formula is C21H32Cl2N6O2S. The number of rotatable bonds is 6. The first kappa shape index (κ1) is 26.8. The summed E-state index contributed by atoms with van der Waals surface area (Å²) in [5.74, 6) is 0.458. The van der Waals surface area contributed by atoms with E-state index >= 15 is 0 Å². The topological polar surface area (TPSA) is 133 Å². The predicted molar refractivity (Wildman–Crippen MR) is 132 cm³/mol. The number of likely N-dealkylation sites (tertiary alicyclic amines) is 1. The van der Waals surface area contributed by atoms with Gasteiger partial charge in [0.15, 0.2) is 0 Å². The second-order valence-corrected chi connectivity index (χ2v) is 9.22. The quantitative estimate of drug-likeness (QED) is 0.516. The van der Waals surface area contributed by atoms with Crippen molar-refractivity contribution < 1.29 is 9.53 Å². The van der Waals surface area contributed by atoms with Crippen LogP contribution < -0.4 is 17.2 Å². The van der Waals surface area contributed by atoms with Crippen molar-refractivity contribution in [2.24, 2.45) is 11.5 Å². The minimum absolute atomic E-state index is 0. The molecule has 0 aliphatic carbocycles. The van der Waals surface area contributed by atoms with Gasteiger partial charge in [-0.05, 0) is 43.9 Å². The average Bonchev–Trinajstić information content (AvgIpc) is 3.20. The third-order valence-corrected chi connectivity index (χ3v) is 7.32. The number of hydrogen-bond acceptors (Lipinski definition) is 8. The van der Waals surface area contributed by atoms with Crippen molar-refractivity contribution in [3.05, 3.63) is 28.9 Å². The maximum absolute atomic E-state index is 12.7. The number of carbonyl (C=O) groups excluding carboxylic acids is 1. The fraction of sp³-hybridized carbons (Fsp3) is 0.571. The molecule has 8 nitrogen and oxygen atoms in total. The van der Waals surface area contributed by atoms with Gasteiger partial charge in [0, 0.05) is 24.4 Å². The lowest BCUT2D eigenvalue weighted by Gasteiger charge is -2.44. The number of thiophene rings is 1. The van der Waals surface area contributed by atoms with Gasteiger partial charge in [-0.15, -0.1) is 36.2 Å². The lowest BCUT2D eigenvalue weighted by atomic mass is 9.82. The summed E-state index contributed by atoms with van der Waals surface area (Å²) >= 11 is 1.75. The minimum atomic E-state index is -0.440. The summed E-state index contributed by atoms with van der Waals surface area (Å²) in [6.45, 7) is 2.66. The Balaban J connectivity index is 0.00000181. The van der Waals surface area contributed by atoms with Crippen molar-refractivity contribution in [2.45, 2.75) is 50.2 Å². The zero-order valence-electron chi connectivity index (χ0n) is 18.0. The van der Waals surface area contributed by atoms with Crippen LogP contribution in [0.25, 0.3) is 10.6 Å². The summed E-state index contributed by atoms with van der Waals surface area (Å²) in [4.78, 5) is 25.6. The fourth-order valence-electron chi connectivity index (χ4n) is 4.38. The highest BCUT2D eigenvalue weighted by Crippen LogP contribution is 2.46. The lowest BCUT2D eigenvalue weighted by molar-refractivity contribution is -0.142. The maximum Gasteiger partial charge on any atom is 0.239 e. The van der Waals surface area contributed by atoms with Crippen LogP contribution in [0.2, 0.25) is 0 Å². The van der Waals surface area contributed by atoms with Gasteiger partial charge in [-0.1, -0.05) is 6.42 Å². The Hall–Kier alpha value is -1.49. The molecule has 1 atom stereocenters. The Morgan fingerprint density at radius 3 is 2.62 bits per heavy atom. The predicted octanol–water partition coefficient (Wildman–Crippen LogP) is 2.48. The molecule has 4 heterocycles. The standard InChI is InChI=1S/C21H30N6O2S.2ClH/c22-7-2-1-3-15(23)20(28)27-8-5-21(6-9-27)14-11-18(30-17(14)4-10-29-21)16-12-26-19(24)13-25-16;;/h11-13,15H,1-10,22-23H2,(H2,24,26);2*1H/t15-;;/m0../s1. The molecule has 11 heteroatoms. The average molecular weight is 504 g/mol. The van der Waals surface area contributed by atoms with E-state index in [0.717, 1.165) is 42.7 Å². The van der Waals surface area contributed by atoms with E-state index in [-0.39, 0.29) is 36.3 Å². The monoisotopic (exact) mass is 502 g/mol. The number of ether oxygens (including phenoxy) is 1. The number of nitrogen functional groups attached to an aromatic ring is 1. The first-order chi connectivity index (χ1) is 14.5. The van der Waals surface area contributed by atoms with Crippen molar-refractivity contribution in [3.8, 4) is 10.6 Å². The molecule has 2 aromatic rings. The van der Waals surface area contributed by atoms with Gasteiger partial charge >= 0.3 is 0 Å². The number of unbranched alkanes of at least 4 members (excludes halogenated alkanes) is 1. The van der Waals surface area contributed by atoms with Gasteiger partial charge in [0.2, 0.25) is 5.91 Å². The number of nitrogens with zero attached hydrogens (tertiary/aromatic N) is 3. The smallest absolute Gasteiger partial charge is 0.239 e. The molecular weight excluding hydrogens is 471 g/mol. The largest absolute Gasteiger partial charge is 0.382 e. The molecule has 2 aliphatic heterocycles. The van der Waals surface area contributed by atoms with E-state index < -0.39 is 6.04 Å². The number of hydrogen-bond donors (Lipinski definition) is 3. The molecule has 1 amide bonds. The number of fused-ring (bicyclic) bond motifs is 2. The third kappa shape index (κ3) is 5.52. The number of halogens is 2. The van der Waals surface area contributed by atoms with Crippen LogP contribution in [0.1, 0.15) is 42.5 Å². The molecule has 1 saturated heterocycles. The number of amides is 1. The van der Waals surface area contributed by atoms with Gasteiger partial charge < -0.3 is 26.8 Å². The Bertz CT molecular complexity index is 887. The number of piperidine rings is 1. The van der Waals surface area contributed by atoms with Crippen LogP contribution in [-0.4, -0.2) is 53.1 Å². The molecule has 6 N–H and O–H groups in total. The van der Waals surface area contributed by atoms with Crippen LogP contribution in [0.3, 0.4) is 0 Å². The van der Waals surface area contributed by atoms with E-state index in [1.807, 2.05) is 4.90 Å². The molecule has 2 aromatic heterocycles. The first-order valence-electron chi connectivity index (χ1n) is 10.6. The summed E-state index contributed by atoms with van der Waals surface area (Å²) < 4.78 is 6.34. The zero-order valence-corrected chi connectivity index (χ0v) is 20.4. The van der Waals surface area contributed by atoms with Gasteiger partial charge in [-0.2, -0.15) is 0 Å². The van der Waals surface area contributed by atoms with Crippen LogP contribution >= 0.6 is 36.2 Å². The number of nitrogens with two attached hydrogens (primary N) is 3. The van der Waals surface area contributed by atoms with Gasteiger partial charge in [-0.25, -0.2) is 9.97 Å². The second kappa shape index (κ2) is 11.6. The summed E-state index contributed by atoms with van der Waals surface area (Å²) in [5, 5.41) is 0. The SMILES string of the molecule is Cl.Cl.NCCCC[C@H](N)C(=O)N1CCC2(CC1)OCCc1sc(-c3cnc(N)cn3)cc12. The van der Waals surface area contributed by atoms with Crippen LogP contribution in [0.5, 0.6) is 0 Å². The Morgan fingerprint density at radius 1 is 1.22 bits per heavy atom. The van der Waals surface area contributed by atoms with Gasteiger partial charge in [0.05, 0.1) is 41.2 Å². The summed E-state index contributed by atoms with van der Waals surface area (Å²) in [5.41, 5.74) is 19.1. The number of anilines is 1. The zero-order chi connectivity index (χ0) is 21.1. The molecule has 1 fully saturated rings. The van der Waals surface area contributed by atoms with Gasteiger partial charge in [-0.3, -0.25) is 4.79 Å². The van der Waals surface area contributed by atoms with Crippen molar-refractivity contribution in [3.63, 3.8) is 0 Å². The molecule has 0 saturated carbocycles. The fourth-order valence-corrected chi connectivity index (χ4v) is 5.57. The number of aromatic nitrogens is 2. The Morgan fingerprint density at radius 2 is 1.97 bits per heavy atom. The summed E-state index contributed by atoms with van der Waals surface area (Å²) in [6, 6.07) is 1.75. The Kier molecular flexibility index (Phi) is 9.68. The van der Waals surface area contributed by atoms with Crippen molar-refractivity contribution >= 4 is 47.9 Å². The molecule has 0 unspecified atom stereocenters. The highest BCUT2D eigenvalue weighted by Gasteiger charge is 2.43. The summed E-state index contributed by atoms with van der Waals surface area (Å²) in [7, 11) is 0. The first-order valence-corrected chi connectivity index (χ1v) is 11.4. The molecule has 0 radical (unpaired) electrons. The molecule has 0 aromatic carbocycles. The highest BCUT2D eigenvalue weighted by atomic mass is 35.5. The normalized spacial score (nSPS) is 17.8. The maximum atomic E-state index is 12.7. The summed E-state index contributed by atoms with van der Waals surface area (Å²) in [6.07, 6.45) is 8.25. The van der Waals surface area contributed by atoms with E-state index in [0.29, 0.717) is 38.5 Å². The Labute approximate surface area is 205 Å². The van der Waals surface area contributed by atoms with Crippen molar-refractivity contribution in [2.75, 3.05) is 32.0 Å². The van der Waals surface area contributed by atoms with Crippen LogP contribution in [0.4, 0.5) is 5.82 Å². The van der Waals surface area contributed by atoms with Crippen molar-refractivity contribution in [1.82, 2.24) is 14.9 Å². The molecule has 178 valence electrons. The van der Waals surface area contributed by atoms with E-state index in [9.17, 15) is 4.79 Å². The number of carbonyl (C=O) groups is 1. The van der Waals surface area contributed by atoms with Crippen LogP contribution in [-0.2, 0) is 21.6 Å². The van der Waals surface area contributed by atoms with Gasteiger partial charge in [0.25, 0.3) is 0 Å². The van der Waals surface area contributed by atoms with Crippen molar-refractivity contribution in [1.29, 1.82) is 0 Å². The molecule has 4 rings (SSSR count). The molecule has 0 bridgehead atoms. The van der Waals surface area contributed by atoms with Gasteiger partial charge in [0.1, 0.15) is 5.82 Å². The molecule has 1 spiro atoms. The van der Waals surface area contributed by atoms with Crippen LogP contribution in [0, 0.1) is 0 Å². The minimum Gasteiger partial charge on any atom is -0.382 e. The van der Waals surface area contributed by atoms with E-state index in [2.05, 4.69) is 16.0 Å².